The molecule has 120 valence electrons. The summed E-state index contributed by atoms with van der Waals surface area (Å²) < 4.78 is 6.88. The number of aromatic nitrogens is 6. The van der Waals surface area contributed by atoms with E-state index in [9.17, 15) is 0 Å². The lowest BCUT2D eigenvalue weighted by Gasteiger charge is -2.08. The van der Waals surface area contributed by atoms with E-state index in [4.69, 9.17) is 4.52 Å². The SMILES string of the molecule is Cc1cc(-c2nnc(SCc3ccon3)n2-c2ccccc2)n[nH]1. The standard InChI is InChI=1S/C16H14N6OS/c1-11-9-14(18-17-11)15-19-20-16(24-10-12-7-8-23-21-12)22(15)13-5-3-2-4-6-13/h2-9H,10H2,1H3,(H,17,18). The van der Waals surface area contributed by atoms with Crippen molar-refractivity contribution in [2.45, 2.75) is 17.8 Å². The van der Waals surface area contributed by atoms with Crippen LogP contribution in [-0.2, 0) is 5.75 Å². The van der Waals surface area contributed by atoms with Gasteiger partial charge in [0.25, 0.3) is 0 Å². The molecular weight excluding hydrogens is 324 g/mol. The van der Waals surface area contributed by atoms with E-state index < -0.39 is 0 Å². The number of aromatic amines is 1. The number of nitrogens with one attached hydrogen (secondary N) is 1. The lowest BCUT2D eigenvalue weighted by atomic mass is 10.3. The van der Waals surface area contributed by atoms with E-state index in [0.717, 1.165) is 27.9 Å². The molecule has 0 bridgehead atoms. The topological polar surface area (TPSA) is 85.4 Å². The zero-order valence-electron chi connectivity index (χ0n) is 12.9. The summed E-state index contributed by atoms with van der Waals surface area (Å²) in [4.78, 5) is 0. The van der Waals surface area contributed by atoms with Gasteiger partial charge < -0.3 is 4.52 Å². The van der Waals surface area contributed by atoms with Crippen molar-refractivity contribution in [3.05, 3.63) is 60.1 Å². The van der Waals surface area contributed by atoms with Crippen molar-refractivity contribution in [3.63, 3.8) is 0 Å². The monoisotopic (exact) mass is 338 g/mol. The molecule has 0 fully saturated rings. The average molecular weight is 338 g/mol. The summed E-state index contributed by atoms with van der Waals surface area (Å²) in [5.74, 6) is 1.36. The molecule has 0 aliphatic rings. The van der Waals surface area contributed by atoms with E-state index in [2.05, 4.69) is 25.6 Å². The van der Waals surface area contributed by atoms with E-state index in [1.54, 1.807) is 18.0 Å². The van der Waals surface area contributed by atoms with Crippen molar-refractivity contribution in [2.24, 2.45) is 0 Å². The summed E-state index contributed by atoms with van der Waals surface area (Å²) in [6.07, 6.45) is 1.57. The maximum absolute atomic E-state index is 4.87. The average Bonchev–Trinajstić information content (AvgIpc) is 3.34. The highest BCUT2D eigenvalue weighted by Crippen LogP contribution is 2.28. The molecule has 7 nitrogen and oxygen atoms in total. The minimum atomic E-state index is 0.654. The number of benzene rings is 1. The van der Waals surface area contributed by atoms with Crippen molar-refractivity contribution < 1.29 is 4.52 Å². The van der Waals surface area contributed by atoms with Gasteiger partial charge >= 0.3 is 0 Å². The van der Waals surface area contributed by atoms with Crippen LogP contribution in [0.25, 0.3) is 17.2 Å². The number of hydrogen-bond acceptors (Lipinski definition) is 6. The molecule has 1 N–H and O–H groups in total. The van der Waals surface area contributed by atoms with Crippen LogP contribution in [0.4, 0.5) is 0 Å². The van der Waals surface area contributed by atoms with Crippen molar-refractivity contribution in [2.75, 3.05) is 0 Å². The van der Waals surface area contributed by atoms with Gasteiger partial charge in [-0.05, 0) is 25.1 Å². The number of para-hydroxylation sites is 1. The molecule has 0 spiro atoms. The Bertz CT molecular complexity index is 929. The van der Waals surface area contributed by atoms with Crippen molar-refractivity contribution in [1.82, 2.24) is 30.1 Å². The van der Waals surface area contributed by atoms with Gasteiger partial charge in [-0.2, -0.15) is 5.10 Å². The molecule has 0 saturated carbocycles. The summed E-state index contributed by atoms with van der Waals surface area (Å²) in [6.45, 7) is 1.96. The van der Waals surface area contributed by atoms with E-state index in [1.807, 2.05) is 54.0 Å². The molecule has 0 atom stereocenters. The molecule has 0 amide bonds. The van der Waals surface area contributed by atoms with Crippen LogP contribution in [0.15, 0.2) is 58.4 Å². The zero-order valence-corrected chi connectivity index (χ0v) is 13.7. The Kier molecular flexibility index (Phi) is 3.87. The molecule has 0 aliphatic carbocycles. The number of thioether (sulfide) groups is 1. The Labute approximate surface area is 142 Å². The predicted molar refractivity (Wildman–Crippen MR) is 89.7 cm³/mol. The lowest BCUT2D eigenvalue weighted by molar-refractivity contribution is 0.414. The summed E-state index contributed by atoms with van der Waals surface area (Å²) in [5, 5.41) is 20.7. The Morgan fingerprint density at radius 1 is 1.17 bits per heavy atom. The normalized spacial score (nSPS) is 11.0. The molecule has 24 heavy (non-hydrogen) atoms. The lowest BCUT2D eigenvalue weighted by Crippen LogP contribution is -1.99. The summed E-state index contributed by atoms with van der Waals surface area (Å²) in [6, 6.07) is 13.8. The molecule has 0 aliphatic heterocycles. The molecule has 0 radical (unpaired) electrons. The zero-order chi connectivity index (χ0) is 16.4. The van der Waals surface area contributed by atoms with Crippen LogP contribution in [-0.4, -0.2) is 30.1 Å². The first kappa shape index (κ1) is 14.7. The van der Waals surface area contributed by atoms with Gasteiger partial charge in [0.2, 0.25) is 0 Å². The number of rotatable bonds is 5. The third-order valence-corrected chi connectivity index (χ3v) is 4.39. The Balaban J connectivity index is 1.75. The van der Waals surface area contributed by atoms with Crippen LogP contribution in [0.2, 0.25) is 0 Å². The third-order valence-electron chi connectivity index (χ3n) is 3.42. The second kappa shape index (κ2) is 6.32. The van der Waals surface area contributed by atoms with Crippen LogP contribution in [0.1, 0.15) is 11.4 Å². The summed E-state index contributed by atoms with van der Waals surface area (Å²) in [5.41, 5.74) is 3.59. The summed E-state index contributed by atoms with van der Waals surface area (Å²) >= 11 is 1.55. The van der Waals surface area contributed by atoms with E-state index in [0.29, 0.717) is 11.6 Å². The molecule has 0 saturated heterocycles. The van der Waals surface area contributed by atoms with Gasteiger partial charge in [-0.3, -0.25) is 9.67 Å². The molecule has 4 aromatic rings. The van der Waals surface area contributed by atoms with E-state index >= 15 is 0 Å². The quantitative estimate of drug-likeness (QED) is 0.562. The Morgan fingerprint density at radius 2 is 2.04 bits per heavy atom. The number of aryl methyl sites for hydroxylation is 1. The number of H-pyrrole nitrogens is 1. The Morgan fingerprint density at radius 3 is 2.75 bits per heavy atom. The first-order valence-corrected chi connectivity index (χ1v) is 8.35. The van der Waals surface area contributed by atoms with Crippen LogP contribution < -0.4 is 0 Å². The first-order valence-electron chi connectivity index (χ1n) is 7.36. The largest absolute Gasteiger partial charge is 0.364 e. The van der Waals surface area contributed by atoms with E-state index in [1.165, 1.54) is 0 Å². The molecule has 3 heterocycles. The molecule has 3 aromatic heterocycles. The highest BCUT2D eigenvalue weighted by atomic mass is 32.2. The van der Waals surface area contributed by atoms with Crippen LogP contribution in [0.3, 0.4) is 0 Å². The Hall–Kier alpha value is -2.87. The number of nitrogens with zero attached hydrogens (tertiary/aromatic N) is 5. The van der Waals surface area contributed by atoms with Crippen LogP contribution in [0, 0.1) is 6.92 Å². The van der Waals surface area contributed by atoms with Crippen LogP contribution >= 0.6 is 11.8 Å². The third kappa shape index (κ3) is 2.83. The molecule has 0 unspecified atom stereocenters. The molecule has 8 heteroatoms. The fourth-order valence-corrected chi connectivity index (χ4v) is 3.17. The van der Waals surface area contributed by atoms with Crippen molar-refractivity contribution in [1.29, 1.82) is 0 Å². The minimum absolute atomic E-state index is 0.654. The van der Waals surface area contributed by atoms with Gasteiger partial charge in [-0.25, -0.2) is 0 Å². The minimum Gasteiger partial charge on any atom is -0.364 e. The van der Waals surface area contributed by atoms with Crippen LogP contribution in [0.5, 0.6) is 0 Å². The van der Waals surface area contributed by atoms with Gasteiger partial charge in [0, 0.05) is 23.2 Å². The molecule has 4 rings (SSSR count). The number of hydrogen-bond donors (Lipinski definition) is 1. The maximum atomic E-state index is 4.87. The molecule has 1 aromatic carbocycles. The second-order valence-electron chi connectivity index (χ2n) is 5.19. The highest BCUT2D eigenvalue weighted by molar-refractivity contribution is 7.98. The van der Waals surface area contributed by atoms with Crippen molar-refractivity contribution in [3.8, 4) is 17.2 Å². The van der Waals surface area contributed by atoms with Gasteiger partial charge in [0.1, 0.15) is 12.0 Å². The van der Waals surface area contributed by atoms with E-state index in [-0.39, 0.29) is 0 Å². The van der Waals surface area contributed by atoms with Crippen molar-refractivity contribution >= 4 is 11.8 Å². The molecular formula is C16H14N6OS. The maximum Gasteiger partial charge on any atom is 0.196 e. The van der Waals surface area contributed by atoms with Gasteiger partial charge in [-0.1, -0.05) is 35.1 Å². The second-order valence-corrected chi connectivity index (χ2v) is 6.14. The summed E-state index contributed by atoms with van der Waals surface area (Å²) in [7, 11) is 0. The van der Waals surface area contributed by atoms with Gasteiger partial charge in [0.05, 0.1) is 5.69 Å². The smallest absolute Gasteiger partial charge is 0.196 e. The predicted octanol–water partition coefficient (Wildman–Crippen LogP) is 3.25. The van der Waals surface area contributed by atoms with Gasteiger partial charge in [0.15, 0.2) is 11.0 Å². The fourth-order valence-electron chi connectivity index (χ4n) is 2.32. The van der Waals surface area contributed by atoms with Gasteiger partial charge in [-0.15, -0.1) is 10.2 Å². The highest BCUT2D eigenvalue weighted by Gasteiger charge is 2.18. The fraction of sp³-hybridized carbons (Fsp3) is 0.125. The first-order chi connectivity index (χ1) is 11.8.